The smallest absolute Gasteiger partial charge is 0.258 e. The van der Waals surface area contributed by atoms with Gasteiger partial charge in [0.15, 0.2) is 29.6 Å². The molecule has 34 heavy (non-hydrogen) atoms. The molecule has 0 saturated heterocycles. The van der Waals surface area contributed by atoms with E-state index in [2.05, 4.69) is 5.32 Å². The molecule has 1 N–H and O–H groups in total. The normalized spacial score (nSPS) is 10.2. The summed E-state index contributed by atoms with van der Waals surface area (Å²) in [6, 6.07) is 18.1. The van der Waals surface area contributed by atoms with Crippen LogP contribution in [-0.2, 0) is 4.79 Å². The first-order valence-electron chi connectivity index (χ1n) is 10.4. The van der Waals surface area contributed by atoms with Crippen LogP contribution in [0.5, 0.6) is 28.7 Å². The molecule has 3 aromatic carbocycles. The zero-order valence-corrected chi connectivity index (χ0v) is 20.7. The average Bonchev–Trinajstić information content (AvgIpc) is 2.86. The summed E-state index contributed by atoms with van der Waals surface area (Å²) in [6.07, 6.45) is 0. The summed E-state index contributed by atoms with van der Waals surface area (Å²) in [7, 11) is 6.29. The predicted molar refractivity (Wildman–Crippen MR) is 133 cm³/mol. The van der Waals surface area contributed by atoms with Crippen molar-refractivity contribution in [3.63, 3.8) is 0 Å². The zero-order chi connectivity index (χ0) is 23.8. The van der Waals surface area contributed by atoms with E-state index in [0.717, 1.165) is 16.7 Å². The zero-order valence-electron chi connectivity index (χ0n) is 19.9. The Kier molecular flexibility index (Phi) is 9.89. The van der Waals surface area contributed by atoms with Crippen molar-refractivity contribution in [1.29, 1.82) is 0 Å². The van der Waals surface area contributed by atoms with Gasteiger partial charge in [-0.15, -0.1) is 12.4 Å². The van der Waals surface area contributed by atoms with Crippen LogP contribution in [0.25, 0.3) is 0 Å². The molecule has 0 radical (unpaired) electrons. The first kappa shape index (κ1) is 26.7. The van der Waals surface area contributed by atoms with Crippen molar-refractivity contribution in [2.24, 2.45) is 0 Å². The molecule has 7 nitrogen and oxygen atoms in total. The molecule has 0 aliphatic rings. The molecule has 0 atom stereocenters. The first-order chi connectivity index (χ1) is 16.0. The highest BCUT2D eigenvalue weighted by molar-refractivity contribution is 5.85. The van der Waals surface area contributed by atoms with E-state index in [9.17, 15) is 4.79 Å². The lowest BCUT2D eigenvalue weighted by molar-refractivity contribution is -0.123. The summed E-state index contributed by atoms with van der Waals surface area (Å²) in [5.74, 6) is 2.67. The molecule has 0 saturated carbocycles. The van der Waals surface area contributed by atoms with E-state index >= 15 is 0 Å². The molecule has 3 aromatic rings. The first-order valence-corrected chi connectivity index (χ1v) is 10.4. The van der Waals surface area contributed by atoms with Crippen LogP contribution in [0.15, 0.2) is 60.7 Å². The van der Waals surface area contributed by atoms with Gasteiger partial charge in [-0.1, -0.05) is 29.8 Å². The maximum absolute atomic E-state index is 12.8. The van der Waals surface area contributed by atoms with Crippen molar-refractivity contribution in [2.45, 2.75) is 13.0 Å². The molecule has 0 unspecified atom stereocenters. The van der Waals surface area contributed by atoms with Crippen LogP contribution in [0.4, 0.5) is 0 Å². The third-order valence-corrected chi connectivity index (χ3v) is 5.18. The van der Waals surface area contributed by atoms with Crippen LogP contribution in [-0.4, -0.2) is 41.0 Å². The van der Waals surface area contributed by atoms with Crippen LogP contribution in [0.2, 0.25) is 0 Å². The van der Waals surface area contributed by atoms with Gasteiger partial charge in [-0.05, 0) is 54.4 Å². The third-order valence-electron chi connectivity index (χ3n) is 5.18. The summed E-state index contributed by atoms with van der Waals surface area (Å²) in [5.41, 5.74) is 2.74. The number of rotatable bonds is 10. The van der Waals surface area contributed by atoms with E-state index < -0.39 is 6.04 Å². The molecule has 0 aromatic heterocycles. The second-order valence-corrected chi connectivity index (χ2v) is 7.33. The number of carbonyl (C=O) groups excluding carboxylic acids is 1. The van der Waals surface area contributed by atoms with Gasteiger partial charge in [-0.2, -0.15) is 0 Å². The number of aryl methyl sites for hydroxylation is 1. The molecule has 0 fully saturated rings. The Balaban J connectivity index is 0.00000408. The van der Waals surface area contributed by atoms with Gasteiger partial charge in [0.2, 0.25) is 0 Å². The van der Waals surface area contributed by atoms with Gasteiger partial charge >= 0.3 is 0 Å². The topological polar surface area (TPSA) is 75.3 Å². The number of hydrogen-bond donors (Lipinski definition) is 1. The summed E-state index contributed by atoms with van der Waals surface area (Å²) in [6.45, 7) is 1.87. The number of carbonyl (C=O) groups is 1. The molecule has 1 amide bonds. The molecule has 0 aliphatic carbocycles. The number of hydrogen-bond acceptors (Lipinski definition) is 6. The molecular formula is C26H30ClNO6. The Bertz CT molecular complexity index is 1030. The van der Waals surface area contributed by atoms with Gasteiger partial charge in [0.25, 0.3) is 5.91 Å². The number of halogens is 1. The van der Waals surface area contributed by atoms with Crippen molar-refractivity contribution in [3.05, 3.63) is 77.4 Å². The lowest BCUT2D eigenvalue weighted by Crippen LogP contribution is -2.33. The maximum atomic E-state index is 12.8. The largest absolute Gasteiger partial charge is 0.493 e. The van der Waals surface area contributed by atoms with Crippen molar-refractivity contribution < 1.29 is 28.5 Å². The predicted octanol–water partition coefficient (Wildman–Crippen LogP) is 4.74. The fourth-order valence-corrected chi connectivity index (χ4v) is 3.41. The lowest BCUT2D eigenvalue weighted by atomic mass is 9.97. The minimum Gasteiger partial charge on any atom is -0.493 e. The number of ether oxygens (including phenoxy) is 5. The Morgan fingerprint density at radius 2 is 1.21 bits per heavy atom. The molecule has 0 heterocycles. The van der Waals surface area contributed by atoms with Crippen molar-refractivity contribution in [1.82, 2.24) is 5.32 Å². The number of amides is 1. The second kappa shape index (κ2) is 12.6. The monoisotopic (exact) mass is 487 g/mol. The standard InChI is InChI=1S/C26H29NO6.ClH/c1-17-6-10-20(11-7-17)33-16-25(28)27-26(18-8-12-21(29-2)23(14-18)31-4)19-9-13-22(30-3)24(15-19)32-5;/h6-15,26H,16H2,1-5H3,(H,27,28);1H. The SMILES string of the molecule is COc1ccc(C(NC(=O)COc2ccc(C)cc2)c2ccc(OC)c(OC)c2)cc1OC.Cl. The van der Waals surface area contributed by atoms with E-state index in [1.165, 1.54) is 0 Å². The van der Waals surface area contributed by atoms with Crippen LogP contribution in [0.3, 0.4) is 0 Å². The lowest BCUT2D eigenvalue weighted by Gasteiger charge is -2.22. The molecule has 0 spiro atoms. The van der Waals surface area contributed by atoms with Gasteiger partial charge in [0.05, 0.1) is 34.5 Å². The van der Waals surface area contributed by atoms with Crippen LogP contribution in [0, 0.1) is 6.92 Å². The number of benzene rings is 3. The van der Waals surface area contributed by atoms with Gasteiger partial charge in [0.1, 0.15) is 5.75 Å². The van der Waals surface area contributed by atoms with E-state index in [0.29, 0.717) is 28.7 Å². The van der Waals surface area contributed by atoms with E-state index in [-0.39, 0.29) is 24.9 Å². The molecule has 182 valence electrons. The van der Waals surface area contributed by atoms with Gasteiger partial charge in [0, 0.05) is 0 Å². The third kappa shape index (κ3) is 6.48. The van der Waals surface area contributed by atoms with Crippen molar-refractivity contribution in [2.75, 3.05) is 35.0 Å². The van der Waals surface area contributed by atoms with Crippen molar-refractivity contribution >= 4 is 18.3 Å². The highest BCUT2D eigenvalue weighted by atomic mass is 35.5. The van der Waals surface area contributed by atoms with Gasteiger partial charge in [-0.3, -0.25) is 4.79 Å². The van der Waals surface area contributed by atoms with Gasteiger partial charge in [-0.25, -0.2) is 0 Å². The van der Waals surface area contributed by atoms with Crippen molar-refractivity contribution in [3.8, 4) is 28.7 Å². The summed E-state index contributed by atoms with van der Waals surface area (Å²) >= 11 is 0. The Morgan fingerprint density at radius 3 is 1.65 bits per heavy atom. The summed E-state index contributed by atoms with van der Waals surface area (Å²) < 4.78 is 27.3. The Morgan fingerprint density at radius 1 is 0.735 bits per heavy atom. The maximum Gasteiger partial charge on any atom is 0.258 e. The van der Waals surface area contributed by atoms with E-state index in [1.54, 1.807) is 40.6 Å². The highest BCUT2D eigenvalue weighted by Crippen LogP contribution is 2.35. The minimum absolute atomic E-state index is 0. The molecule has 3 rings (SSSR count). The molecule has 0 aliphatic heterocycles. The number of methoxy groups -OCH3 is 4. The van der Waals surface area contributed by atoms with E-state index in [1.807, 2.05) is 55.5 Å². The molecule has 0 bridgehead atoms. The Labute approximate surface area is 206 Å². The summed E-state index contributed by atoms with van der Waals surface area (Å²) in [4.78, 5) is 12.8. The highest BCUT2D eigenvalue weighted by Gasteiger charge is 2.21. The minimum atomic E-state index is -0.487. The fourth-order valence-electron chi connectivity index (χ4n) is 3.41. The Hall–Kier alpha value is -3.58. The average molecular weight is 488 g/mol. The molecular weight excluding hydrogens is 458 g/mol. The fraction of sp³-hybridized carbons (Fsp3) is 0.269. The quantitative estimate of drug-likeness (QED) is 0.445. The number of nitrogens with one attached hydrogen (secondary N) is 1. The van der Waals surface area contributed by atoms with E-state index in [4.69, 9.17) is 23.7 Å². The summed E-state index contributed by atoms with van der Waals surface area (Å²) in [5, 5.41) is 3.05. The second-order valence-electron chi connectivity index (χ2n) is 7.33. The molecule has 8 heteroatoms. The van der Waals surface area contributed by atoms with Crippen LogP contribution >= 0.6 is 12.4 Å². The van der Waals surface area contributed by atoms with Crippen LogP contribution in [0.1, 0.15) is 22.7 Å². The van der Waals surface area contributed by atoms with Gasteiger partial charge < -0.3 is 29.0 Å². The van der Waals surface area contributed by atoms with Crippen LogP contribution < -0.4 is 29.0 Å².